The maximum atomic E-state index is 2.27. The van der Waals surface area contributed by atoms with Crippen molar-refractivity contribution in [2.24, 2.45) is 0 Å². The van der Waals surface area contributed by atoms with E-state index in [0.717, 1.165) is 0 Å². The molecule has 0 unspecified atom stereocenters. The summed E-state index contributed by atoms with van der Waals surface area (Å²) >= 11 is 2.03. The lowest BCUT2D eigenvalue weighted by Gasteiger charge is -2.17. The SMILES string of the molecule is CC(C)(C)SCCc1ccccc1. The monoisotopic (exact) mass is 194 g/mol. The van der Waals surface area contributed by atoms with Crippen molar-refractivity contribution in [1.29, 1.82) is 0 Å². The zero-order valence-corrected chi connectivity index (χ0v) is 9.53. The van der Waals surface area contributed by atoms with Crippen molar-refractivity contribution in [3.63, 3.8) is 0 Å². The summed E-state index contributed by atoms with van der Waals surface area (Å²) in [4.78, 5) is 0. The van der Waals surface area contributed by atoms with Gasteiger partial charge in [-0.05, 0) is 17.7 Å². The predicted octanol–water partition coefficient (Wildman–Crippen LogP) is 3.76. The number of thioether (sulfide) groups is 1. The van der Waals surface area contributed by atoms with E-state index in [4.69, 9.17) is 0 Å². The molecule has 0 N–H and O–H groups in total. The van der Waals surface area contributed by atoms with Gasteiger partial charge in [-0.15, -0.1) is 0 Å². The van der Waals surface area contributed by atoms with Gasteiger partial charge in [0.15, 0.2) is 0 Å². The number of hydrogen-bond acceptors (Lipinski definition) is 1. The fourth-order valence-corrected chi connectivity index (χ4v) is 2.07. The summed E-state index contributed by atoms with van der Waals surface area (Å²) in [6, 6.07) is 10.7. The van der Waals surface area contributed by atoms with Crippen LogP contribution < -0.4 is 0 Å². The lowest BCUT2D eigenvalue weighted by Crippen LogP contribution is -2.08. The number of benzene rings is 1. The Morgan fingerprint density at radius 2 is 1.69 bits per heavy atom. The van der Waals surface area contributed by atoms with E-state index in [1.54, 1.807) is 0 Å². The number of aryl methyl sites for hydroxylation is 1. The molecule has 1 aromatic carbocycles. The minimum Gasteiger partial charge on any atom is -0.156 e. The van der Waals surface area contributed by atoms with E-state index in [1.807, 2.05) is 11.8 Å². The van der Waals surface area contributed by atoms with Gasteiger partial charge in [-0.2, -0.15) is 11.8 Å². The van der Waals surface area contributed by atoms with Crippen LogP contribution in [0, 0.1) is 0 Å². The molecule has 0 aliphatic rings. The summed E-state index contributed by atoms with van der Waals surface area (Å²) in [6.07, 6.45) is 1.18. The minimum absolute atomic E-state index is 0.398. The zero-order chi connectivity index (χ0) is 9.73. The van der Waals surface area contributed by atoms with E-state index in [0.29, 0.717) is 4.75 Å². The van der Waals surface area contributed by atoms with Crippen molar-refractivity contribution in [3.05, 3.63) is 35.9 Å². The average molecular weight is 194 g/mol. The molecule has 0 saturated carbocycles. The molecule has 0 aliphatic heterocycles. The Morgan fingerprint density at radius 1 is 1.08 bits per heavy atom. The second kappa shape index (κ2) is 4.71. The van der Waals surface area contributed by atoms with E-state index >= 15 is 0 Å². The molecule has 0 saturated heterocycles. The minimum atomic E-state index is 0.398. The van der Waals surface area contributed by atoms with Crippen LogP contribution in [-0.4, -0.2) is 10.5 Å². The molecule has 0 aromatic heterocycles. The number of hydrogen-bond donors (Lipinski definition) is 0. The van der Waals surface area contributed by atoms with Gasteiger partial charge in [0.1, 0.15) is 0 Å². The average Bonchev–Trinajstić information content (AvgIpc) is 2.04. The highest BCUT2D eigenvalue weighted by Crippen LogP contribution is 2.23. The van der Waals surface area contributed by atoms with Gasteiger partial charge < -0.3 is 0 Å². The third-order valence-electron chi connectivity index (χ3n) is 1.77. The van der Waals surface area contributed by atoms with Gasteiger partial charge in [-0.1, -0.05) is 51.1 Å². The van der Waals surface area contributed by atoms with Gasteiger partial charge in [-0.25, -0.2) is 0 Å². The number of rotatable bonds is 3. The topological polar surface area (TPSA) is 0 Å². The van der Waals surface area contributed by atoms with Crippen molar-refractivity contribution in [3.8, 4) is 0 Å². The predicted molar refractivity (Wildman–Crippen MR) is 62.4 cm³/mol. The van der Waals surface area contributed by atoms with Crippen LogP contribution in [0.5, 0.6) is 0 Å². The summed E-state index contributed by atoms with van der Waals surface area (Å²) in [5.41, 5.74) is 1.44. The Labute approximate surface area is 85.7 Å². The van der Waals surface area contributed by atoms with Gasteiger partial charge in [0.05, 0.1) is 0 Å². The Morgan fingerprint density at radius 3 is 2.23 bits per heavy atom. The first-order valence-electron chi connectivity index (χ1n) is 4.76. The molecule has 0 fully saturated rings. The Bertz CT molecular complexity index is 233. The Hall–Kier alpha value is -0.430. The van der Waals surface area contributed by atoms with Crippen LogP contribution in [0.15, 0.2) is 30.3 Å². The third-order valence-corrected chi connectivity index (χ3v) is 3.04. The van der Waals surface area contributed by atoms with Crippen LogP contribution in [0.1, 0.15) is 26.3 Å². The van der Waals surface area contributed by atoms with Crippen molar-refractivity contribution < 1.29 is 0 Å². The summed E-state index contributed by atoms with van der Waals surface area (Å²) in [7, 11) is 0. The Balaban J connectivity index is 2.29. The highest BCUT2D eigenvalue weighted by Gasteiger charge is 2.09. The van der Waals surface area contributed by atoms with Crippen LogP contribution in [-0.2, 0) is 6.42 Å². The maximum Gasteiger partial charge on any atom is 0.00752 e. The van der Waals surface area contributed by atoms with E-state index in [-0.39, 0.29) is 0 Å². The molecule has 1 aromatic rings. The molecular formula is C12H18S. The fraction of sp³-hybridized carbons (Fsp3) is 0.500. The first kappa shape index (κ1) is 10.6. The van der Waals surface area contributed by atoms with Crippen molar-refractivity contribution in [2.75, 3.05) is 5.75 Å². The van der Waals surface area contributed by atoms with Gasteiger partial charge >= 0.3 is 0 Å². The van der Waals surface area contributed by atoms with Crippen LogP contribution in [0.4, 0.5) is 0 Å². The molecule has 0 spiro atoms. The third kappa shape index (κ3) is 4.99. The largest absolute Gasteiger partial charge is 0.156 e. The van der Waals surface area contributed by atoms with Crippen LogP contribution in [0.25, 0.3) is 0 Å². The van der Waals surface area contributed by atoms with Gasteiger partial charge in [0.2, 0.25) is 0 Å². The van der Waals surface area contributed by atoms with E-state index in [2.05, 4.69) is 51.1 Å². The fourth-order valence-electron chi connectivity index (χ4n) is 1.12. The van der Waals surface area contributed by atoms with E-state index in [1.165, 1.54) is 17.7 Å². The maximum absolute atomic E-state index is 2.27. The summed E-state index contributed by atoms with van der Waals surface area (Å²) in [6.45, 7) is 6.80. The molecule has 13 heavy (non-hydrogen) atoms. The lowest BCUT2D eigenvalue weighted by molar-refractivity contribution is 0.801. The quantitative estimate of drug-likeness (QED) is 0.706. The van der Waals surface area contributed by atoms with Crippen LogP contribution in [0.3, 0.4) is 0 Å². The Kier molecular flexibility index (Phi) is 3.86. The first-order valence-corrected chi connectivity index (χ1v) is 5.74. The molecule has 0 heterocycles. The molecule has 0 nitrogen and oxygen atoms in total. The second-order valence-electron chi connectivity index (χ2n) is 4.20. The van der Waals surface area contributed by atoms with Gasteiger partial charge in [-0.3, -0.25) is 0 Å². The molecule has 0 radical (unpaired) electrons. The van der Waals surface area contributed by atoms with Crippen molar-refractivity contribution >= 4 is 11.8 Å². The van der Waals surface area contributed by atoms with Gasteiger partial charge in [0.25, 0.3) is 0 Å². The molecule has 72 valence electrons. The highest BCUT2D eigenvalue weighted by molar-refractivity contribution is 8.00. The van der Waals surface area contributed by atoms with Crippen molar-refractivity contribution in [2.45, 2.75) is 31.9 Å². The molecule has 0 aliphatic carbocycles. The second-order valence-corrected chi connectivity index (χ2v) is 6.12. The van der Waals surface area contributed by atoms with E-state index in [9.17, 15) is 0 Å². The van der Waals surface area contributed by atoms with Gasteiger partial charge in [0, 0.05) is 4.75 Å². The summed E-state index contributed by atoms with van der Waals surface area (Å²) in [5.74, 6) is 1.22. The zero-order valence-electron chi connectivity index (χ0n) is 8.71. The summed E-state index contributed by atoms with van der Waals surface area (Å²) in [5, 5.41) is 0. The smallest absolute Gasteiger partial charge is 0.00752 e. The molecule has 1 heteroatoms. The standard InChI is InChI=1S/C12H18S/c1-12(2,3)13-10-9-11-7-5-4-6-8-11/h4-8H,9-10H2,1-3H3. The van der Waals surface area contributed by atoms with E-state index < -0.39 is 0 Å². The van der Waals surface area contributed by atoms with Crippen LogP contribution in [0.2, 0.25) is 0 Å². The molecule has 1 rings (SSSR count). The van der Waals surface area contributed by atoms with Crippen molar-refractivity contribution in [1.82, 2.24) is 0 Å². The first-order chi connectivity index (χ1) is 6.08. The summed E-state index contributed by atoms with van der Waals surface area (Å²) < 4.78 is 0.398. The molecular weight excluding hydrogens is 176 g/mol. The molecule has 0 atom stereocenters. The molecule has 0 bridgehead atoms. The highest BCUT2D eigenvalue weighted by atomic mass is 32.2. The lowest BCUT2D eigenvalue weighted by atomic mass is 10.2. The van der Waals surface area contributed by atoms with Crippen LogP contribution >= 0.6 is 11.8 Å². The normalized spacial score (nSPS) is 11.6. The molecule has 0 amide bonds.